The molecule has 1 unspecified atom stereocenters. The van der Waals surface area contributed by atoms with Gasteiger partial charge in [-0.25, -0.2) is 52.4 Å². The van der Waals surface area contributed by atoms with E-state index >= 15 is 0 Å². The van der Waals surface area contributed by atoms with Crippen molar-refractivity contribution in [2.45, 2.75) is 13.0 Å². The fourth-order valence-corrected chi connectivity index (χ4v) is 1.79. The van der Waals surface area contributed by atoms with Crippen LogP contribution in [0.25, 0.3) is 0 Å². The van der Waals surface area contributed by atoms with Gasteiger partial charge in [-0.1, -0.05) is 0 Å². The van der Waals surface area contributed by atoms with Gasteiger partial charge < -0.3 is 9.80 Å². The van der Waals surface area contributed by atoms with Gasteiger partial charge in [0.2, 0.25) is 0 Å². The molecule has 0 aliphatic carbocycles. The van der Waals surface area contributed by atoms with E-state index in [2.05, 4.69) is 90.2 Å². The topological polar surface area (TPSA) is 6.48 Å². The summed E-state index contributed by atoms with van der Waals surface area (Å²) in [5, 5.41) is 0. The van der Waals surface area contributed by atoms with Crippen LogP contribution >= 0.6 is 28.1 Å². The normalized spacial score (nSPS) is 10.8. The molecule has 0 N–H and O–H groups in total. The van der Waals surface area contributed by atoms with Crippen LogP contribution in [0.3, 0.4) is 0 Å². The van der Waals surface area contributed by atoms with E-state index in [1.165, 1.54) is 5.56 Å². The molecule has 0 aliphatic rings. The summed E-state index contributed by atoms with van der Waals surface area (Å²) in [6.07, 6.45) is 0. The van der Waals surface area contributed by atoms with Crippen molar-refractivity contribution in [2.75, 3.05) is 34.2 Å². The zero-order valence-corrected chi connectivity index (χ0v) is 19.7. The van der Waals surface area contributed by atoms with Crippen molar-refractivity contribution in [3.63, 3.8) is 0 Å². The third kappa shape index (κ3) is 14.7. The van der Waals surface area contributed by atoms with E-state index in [0.717, 1.165) is 13.1 Å². The van der Waals surface area contributed by atoms with Gasteiger partial charge in [0, 0.05) is 36.2 Å². The van der Waals surface area contributed by atoms with Crippen LogP contribution in [-0.2, 0) is 17.1 Å². The molecule has 0 spiro atoms. The largest absolute Gasteiger partial charge is 0.424 e. The Labute approximate surface area is 172 Å². The smallest absolute Gasteiger partial charge is 0.308 e. The van der Waals surface area contributed by atoms with Crippen LogP contribution in [-0.4, -0.2) is 55.6 Å². The number of hydrogen-bond donors (Lipinski definition) is 0. The second-order valence-electron chi connectivity index (χ2n) is 5.22. The summed E-state index contributed by atoms with van der Waals surface area (Å²) < 4.78 is 0. The minimum Gasteiger partial charge on any atom is -0.308 e. The van der Waals surface area contributed by atoms with Crippen LogP contribution in [0.15, 0.2) is 54.6 Å². The first-order chi connectivity index (χ1) is 10.5. The molecule has 0 fully saturated rings. The molecule has 0 saturated carbocycles. The Balaban J connectivity index is 0. The van der Waals surface area contributed by atoms with Gasteiger partial charge in [-0.05, 0) is 28.1 Å². The van der Waals surface area contributed by atoms with E-state index in [0.29, 0.717) is 17.6 Å². The average Bonchev–Trinajstić information content (AvgIpc) is 3.19. The molecule has 2 nitrogen and oxygen atoms in total. The molecular formula is C17H26AlBr2FeN2-2. The van der Waals surface area contributed by atoms with Gasteiger partial charge in [-0.2, -0.15) is 35.9 Å². The third-order valence-corrected chi connectivity index (χ3v) is 3.29. The van der Waals surface area contributed by atoms with E-state index in [1.54, 1.807) is 0 Å². The van der Waals surface area contributed by atoms with Crippen LogP contribution < -0.4 is 0 Å². The average molecular weight is 501 g/mol. The summed E-state index contributed by atoms with van der Waals surface area (Å²) in [7, 11) is 6.41. The number of hydrogen-bond acceptors (Lipinski definition) is 2. The Morgan fingerprint density at radius 2 is 1.61 bits per heavy atom. The van der Waals surface area contributed by atoms with Gasteiger partial charge in [-0.3, -0.25) is 0 Å². The maximum Gasteiger partial charge on any atom is 0.424 e. The van der Waals surface area contributed by atoms with Crippen LogP contribution in [0.5, 0.6) is 0 Å². The fraction of sp³-hybridized carbons (Fsp3) is 0.412. The van der Waals surface area contributed by atoms with Gasteiger partial charge in [0.1, 0.15) is 0 Å². The molecular weight excluding hydrogens is 475 g/mol. The second-order valence-corrected chi connectivity index (χ2v) is 11.8. The monoisotopic (exact) mass is 499 g/mol. The van der Waals surface area contributed by atoms with E-state index in [9.17, 15) is 0 Å². The SMILES string of the molecule is CC(c1ccc[cH-]1)N(C)CCN(C)C.[Br][Al][Br].[Fe].c1cc[cH-]c1. The Morgan fingerprint density at radius 1 is 1.04 bits per heavy atom. The molecule has 0 saturated heterocycles. The zero-order valence-electron chi connectivity index (χ0n) is 14.3. The predicted molar refractivity (Wildman–Crippen MR) is 107 cm³/mol. The molecule has 23 heavy (non-hydrogen) atoms. The van der Waals surface area contributed by atoms with Gasteiger partial charge in [0.05, 0.1) is 0 Å². The molecule has 0 amide bonds. The molecule has 0 heterocycles. The summed E-state index contributed by atoms with van der Waals surface area (Å²) in [6, 6.07) is 19.1. The molecule has 6 heteroatoms. The van der Waals surface area contributed by atoms with Crippen molar-refractivity contribution >= 4 is 39.7 Å². The zero-order chi connectivity index (χ0) is 16.8. The molecule has 0 aliphatic heterocycles. The van der Waals surface area contributed by atoms with Crippen molar-refractivity contribution in [3.05, 3.63) is 60.2 Å². The number of nitrogens with zero attached hydrogens (tertiary/aromatic N) is 2. The summed E-state index contributed by atoms with van der Waals surface area (Å²) >= 11 is 6.67. The second kappa shape index (κ2) is 17.5. The van der Waals surface area contributed by atoms with E-state index in [-0.39, 0.29) is 17.1 Å². The van der Waals surface area contributed by atoms with Crippen molar-refractivity contribution in [2.24, 2.45) is 0 Å². The van der Waals surface area contributed by atoms with Crippen molar-refractivity contribution in [3.8, 4) is 0 Å². The van der Waals surface area contributed by atoms with Gasteiger partial charge in [-0.15, -0.1) is 0 Å². The van der Waals surface area contributed by atoms with Crippen LogP contribution in [0, 0.1) is 0 Å². The Bertz CT molecular complexity index is 405. The first-order valence-electron chi connectivity index (χ1n) is 7.28. The fourth-order valence-electron chi connectivity index (χ4n) is 1.79. The van der Waals surface area contributed by atoms with Crippen LogP contribution in [0.2, 0.25) is 0 Å². The standard InChI is InChI=1S/C12H21N2.C5H5.Al.2BrH.Fe/c1-11(12-7-5-6-8-12)14(4)10-9-13(2)3;1-2-4-5-3-1;;;;/h5-8,11H,9-10H2,1-4H3;1-5H;;2*1H;/q2*-1;+2;;;/p-2. The number of halogens is 2. The van der Waals surface area contributed by atoms with E-state index < -0.39 is 0 Å². The van der Waals surface area contributed by atoms with E-state index in [4.69, 9.17) is 0 Å². The summed E-state index contributed by atoms with van der Waals surface area (Å²) in [5.74, 6) is 0. The summed E-state index contributed by atoms with van der Waals surface area (Å²) in [4.78, 5) is 4.60. The van der Waals surface area contributed by atoms with Crippen LogP contribution in [0.4, 0.5) is 0 Å². The first-order valence-corrected chi connectivity index (χ1v) is 13.6. The predicted octanol–water partition coefficient (Wildman–Crippen LogP) is 4.67. The third-order valence-electron chi connectivity index (χ3n) is 3.29. The molecule has 0 aromatic heterocycles. The number of likely N-dealkylation sites (N-methyl/N-ethyl adjacent to an activating group) is 2. The van der Waals surface area contributed by atoms with Gasteiger partial charge in [0.15, 0.2) is 0 Å². The van der Waals surface area contributed by atoms with Gasteiger partial charge in [0.25, 0.3) is 0 Å². The summed E-state index contributed by atoms with van der Waals surface area (Å²) in [6.45, 7) is 4.48. The Kier molecular flexibility index (Phi) is 19.6. The molecule has 1 atom stereocenters. The maximum absolute atomic E-state index is 3.15. The quantitative estimate of drug-likeness (QED) is 0.435. The van der Waals surface area contributed by atoms with Crippen molar-refractivity contribution < 1.29 is 17.1 Å². The Hall–Kier alpha value is 0.632. The Morgan fingerprint density at radius 3 is 1.96 bits per heavy atom. The molecule has 2 aromatic carbocycles. The number of rotatable bonds is 5. The molecule has 2 aromatic rings. The first kappa shape index (κ1) is 25.9. The minimum absolute atomic E-state index is 0. The molecule has 0 bridgehead atoms. The molecule has 131 valence electrons. The molecule has 1 radical (unpaired) electrons. The van der Waals surface area contributed by atoms with Crippen molar-refractivity contribution in [1.82, 2.24) is 9.80 Å². The van der Waals surface area contributed by atoms with Crippen LogP contribution in [0.1, 0.15) is 18.5 Å². The van der Waals surface area contributed by atoms with Crippen molar-refractivity contribution in [1.29, 1.82) is 0 Å². The maximum atomic E-state index is 3.15. The van der Waals surface area contributed by atoms with E-state index in [1.807, 2.05) is 30.3 Å². The minimum atomic E-state index is 0. The summed E-state index contributed by atoms with van der Waals surface area (Å²) in [5.41, 5.74) is 1.41. The van der Waals surface area contributed by atoms with Gasteiger partial charge >= 0.3 is 11.6 Å². The molecule has 2 rings (SSSR count).